The molecule has 3 aromatic carbocycles. The smallest absolute Gasteiger partial charge is 0.231 e. The van der Waals surface area contributed by atoms with Crippen molar-refractivity contribution >= 4 is 22.2 Å². The summed E-state index contributed by atoms with van der Waals surface area (Å²) in [4.78, 5) is 0. The molecule has 0 saturated heterocycles. The van der Waals surface area contributed by atoms with E-state index in [4.69, 9.17) is 0 Å². The number of hydrogen-bond donors (Lipinski definition) is 1. The molecule has 0 aliphatic rings. The summed E-state index contributed by atoms with van der Waals surface area (Å²) in [5, 5.41) is 6.91. The minimum Gasteiger partial charge on any atom is -0.231 e. The van der Waals surface area contributed by atoms with Gasteiger partial charge in [-0.2, -0.15) is 4.57 Å². The van der Waals surface area contributed by atoms with E-state index in [1.54, 1.807) is 11.3 Å². The highest BCUT2D eigenvalue weighted by atomic mass is 32.1. The second-order valence-corrected chi connectivity index (χ2v) is 7.81. The molecule has 134 valence electrons. The van der Waals surface area contributed by atoms with Gasteiger partial charge in [0.25, 0.3) is 0 Å². The molecule has 0 aliphatic carbocycles. The van der Waals surface area contributed by atoms with Crippen LogP contribution in [0.15, 0.2) is 78.2 Å². The first kappa shape index (κ1) is 17.5. The van der Waals surface area contributed by atoms with Crippen molar-refractivity contribution in [1.29, 1.82) is 0 Å². The molecule has 0 aliphatic heterocycles. The Labute approximate surface area is 164 Å². The van der Waals surface area contributed by atoms with Gasteiger partial charge < -0.3 is 0 Å². The number of thiazole rings is 1. The van der Waals surface area contributed by atoms with Gasteiger partial charge in [-0.1, -0.05) is 76.6 Å². The highest BCUT2D eigenvalue weighted by Crippen LogP contribution is 2.28. The fourth-order valence-corrected chi connectivity index (χ4v) is 3.99. The SMILES string of the molecule is Cc1ccc(Nc2scc(-c3ccc(C)cc3)[n+]2-c2ccc(C)cc2)cc1. The van der Waals surface area contributed by atoms with Crippen LogP contribution < -0.4 is 9.88 Å². The lowest BCUT2D eigenvalue weighted by Crippen LogP contribution is -2.33. The van der Waals surface area contributed by atoms with Crippen molar-refractivity contribution in [2.75, 3.05) is 5.32 Å². The number of anilines is 2. The highest BCUT2D eigenvalue weighted by Gasteiger charge is 2.21. The first-order chi connectivity index (χ1) is 13.1. The number of rotatable bonds is 4. The van der Waals surface area contributed by atoms with Crippen LogP contribution in [0.5, 0.6) is 0 Å². The van der Waals surface area contributed by atoms with Crippen LogP contribution in [-0.4, -0.2) is 0 Å². The van der Waals surface area contributed by atoms with Crippen molar-refractivity contribution in [1.82, 2.24) is 0 Å². The van der Waals surface area contributed by atoms with Crippen LogP contribution in [0.25, 0.3) is 16.9 Å². The van der Waals surface area contributed by atoms with Crippen molar-refractivity contribution in [3.63, 3.8) is 0 Å². The molecule has 0 amide bonds. The van der Waals surface area contributed by atoms with E-state index < -0.39 is 0 Å². The third-order valence-corrected chi connectivity index (χ3v) is 5.52. The summed E-state index contributed by atoms with van der Waals surface area (Å²) in [6.45, 7) is 6.35. The summed E-state index contributed by atoms with van der Waals surface area (Å²) in [5.74, 6) is 0. The van der Waals surface area contributed by atoms with Crippen molar-refractivity contribution in [2.24, 2.45) is 0 Å². The number of hydrogen-bond acceptors (Lipinski definition) is 2. The number of nitrogens with one attached hydrogen (secondary N) is 1. The van der Waals surface area contributed by atoms with Gasteiger partial charge in [-0.3, -0.25) is 0 Å². The molecule has 0 unspecified atom stereocenters. The maximum atomic E-state index is 3.60. The second kappa shape index (κ2) is 7.37. The molecule has 0 fully saturated rings. The topological polar surface area (TPSA) is 15.9 Å². The number of aryl methyl sites for hydroxylation is 3. The van der Waals surface area contributed by atoms with Crippen LogP contribution in [0.3, 0.4) is 0 Å². The van der Waals surface area contributed by atoms with Crippen LogP contribution in [0.1, 0.15) is 16.7 Å². The maximum Gasteiger partial charge on any atom is 0.344 e. The lowest BCUT2D eigenvalue weighted by atomic mass is 10.1. The minimum absolute atomic E-state index is 1.10. The van der Waals surface area contributed by atoms with E-state index in [0.29, 0.717) is 0 Å². The molecule has 1 heterocycles. The first-order valence-electron chi connectivity index (χ1n) is 9.11. The van der Waals surface area contributed by atoms with E-state index in [2.05, 4.69) is 109 Å². The monoisotopic (exact) mass is 371 g/mol. The van der Waals surface area contributed by atoms with E-state index in [9.17, 15) is 0 Å². The van der Waals surface area contributed by atoms with E-state index in [1.807, 2.05) is 0 Å². The van der Waals surface area contributed by atoms with Gasteiger partial charge in [0.05, 0.1) is 0 Å². The lowest BCUT2D eigenvalue weighted by molar-refractivity contribution is -0.563. The molecule has 2 nitrogen and oxygen atoms in total. The Hall–Kier alpha value is -2.91. The average molecular weight is 372 g/mol. The zero-order valence-corrected chi connectivity index (χ0v) is 16.7. The Morgan fingerprint density at radius 2 is 1.19 bits per heavy atom. The van der Waals surface area contributed by atoms with Gasteiger partial charge in [-0.15, -0.1) is 0 Å². The number of benzene rings is 3. The van der Waals surface area contributed by atoms with Gasteiger partial charge >= 0.3 is 5.13 Å². The van der Waals surface area contributed by atoms with Crippen molar-refractivity contribution in [3.8, 4) is 16.9 Å². The fourth-order valence-electron chi connectivity index (χ4n) is 3.04. The van der Waals surface area contributed by atoms with Crippen molar-refractivity contribution < 1.29 is 4.57 Å². The van der Waals surface area contributed by atoms with Gasteiger partial charge in [0.2, 0.25) is 0 Å². The molecular formula is C24H23N2S+. The normalized spacial score (nSPS) is 10.8. The van der Waals surface area contributed by atoms with Crippen LogP contribution in [0.4, 0.5) is 10.8 Å². The zero-order valence-electron chi connectivity index (χ0n) is 15.9. The molecule has 27 heavy (non-hydrogen) atoms. The van der Waals surface area contributed by atoms with Crippen LogP contribution in [-0.2, 0) is 0 Å². The van der Waals surface area contributed by atoms with Gasteiger partial charge in [0.1, 0.15) is 11.4 Å². The Kier molecular flexibility index (Phi) is 4.78. The Morgan fingerprint density at radius 1 is 0.667 bits per heavy atom. The fraction of sp³-hybridized carbons (Fsp3) is 0.125. The Balaban J connectivity index is 1.82. The Morgan fingerprint density at radius 3 is 1.78 bits per heavy atom. The molecule has 1 N–H and O–H groups in total. The quantitative estimate of drug-likeness (QED) is 0.413. The van der Waals surface area contributed by atoms with E-state index in [1.165, 1.54) is 27.9 Å². The van der Waals surface area contributed by atoms with Gasteiger partial charge in [0, 0.05) is 10.9 Å². The molecule has 0 atom stereocenters. The maximum absolute atomic E-state index is 3.60. The third-order valence-electron chi connectivity index (χ3n) is 4.67. The van der Waals surface area contributed by atoms with Crippen molar-refractivity contribution in [2.45, 2.75) is 20.8 Å². The summed E-state index contributed by atoms with van der Waals surface area (Å²) in [6.07, 6.45) is 0. The van der Waals surface area contributed by atoms with E-state index >= 15 is 0 Å². The van der Waals surface area contributed by atoms with E-state index in [-0.39, 0.29) is 0 Å². The summed E-state index contributed by atoms with van der Waals surface area (Å²) >= 11 is 1.73. The van der Waals surface area contributed by atoms with Gasteiger partial charge in [0.15, 0.2) is 5.69 Å². The minimum atomic E-state index is 1.10. The summed E-state index contributed by atoms with van der Waals surface area (Å²) in [6, 6.07) is 25.9. The molecule has 0 bridgehead atoms. The molecule has 3 heteroatoms. The molecule has 0 spiro atoms. The number of aromatic nitrogens is 1. The Bertz CT molecular complexity index is 1040. The third kappa shape index (κ3) is 3.79. The van der Waals surface area contributed by atoms with Crippen LogP contribution >= 0.6 is 11.3 Å². The van der Waals surface area contributed by atoms with Gasteiger partial charge in [-0.25, -0.2) is 5.32 Å². The van der Waals surface area contributed by atoms with Crippen LogP contribution in [0, 0.1) is 20.8 Å². The molecule has 4 aromatic rings. The average Bonchev–Trinajstić information content (AvgIpc) is 3.08. The lowest BCUT2D eigenvalue weighted by Gasteiger charge is -2.07. The van der Waals surface area contributed by atoms with E-state index in [0.717, 1.165) is 16.5 Å². The van der Waals surface area contributed by atoms with Crippen molar-refractivity contribution in [3.05, 3.63) is 94.9 Å². The predicted octanol–water partition coefficient (Wildman–Crippen LogP) is 6.36. The predicted molar refractivity (Wildman–Crippen MR) is 115 cm³/mol. The molecule has 1 aromatic heterocycles. The van der Waals surface area contributed by atoms with Gasteiger partial charge in [-0.05, 0) is 45.0 Å². The first-order valence-corrected chi connectivity index (χ1v) is 9.99. The largest absolute Gasteiger partial charge is 0.344 e. The molecule has 0 saturated carbocycles. The van der Waals surface area contributed by atoms with Crippen LogP contribution in [0.2, 0.25) is 0 Å². The molecule has 4 rings (SSSR count). The summed E-state index contributed by atoms with van der Waals surface area (Å²) in [7, 11) is 0. The molecular weight excluding hydrogens is 348 g/mol. The second-order valence-electron chi connectivity index (χ2n) is 6.95. The summed E-state index contributed by atoms with van der Waals surface area (Å²) < 4.78 is 2.30. The zero-order chi connectivity index (χ0) is 18.8. The highest BCUT2D eigenvalue weighted by molar-refractivity contribution is 7.13. The molecule has 0 radical (unpaired) electrons. The number of nitrogens with zero attached hydrogens (tertiary/aromatic N) is 1. The summed E-state index contributed by atoms with van der Waals surface area (Å²) in [5.41, 5.74) is 8.46. The standard InChI is InChI=1S/C24H22N2S/c1-17-4-10-20(11-5-17)23-16-27-24(25-21-12-6-18(2)7-13-21)26(23)22-14-8-19(3)9-15-22/h4-16H,1-3H3/p+1.